The van der Waals surface area contributed by atoms with Gasteiger partial charge in [0.15, 0.2) is 0 Å². The number of hydrazone groups is 1. The van der Waals surface area contributed by atoms with Crippen LogP contribution in [0.4, 0.5) is 5.69 Å². The van der Waals surface area contributed by atoms with Gasteiger partial charge in [-0.3, -0.25) is 4.79 Å². The molecule has 0 fully saturated rings. The average molecular weight is 410 g/mol. The maximum absolute atomic E-state index is 12.3. The largest absolute Gasteiger partial charge is 0.369 e. The van der Waals surface area contributed by atoms with Gasteiger partial charge < -0.3 is 4.90 Å². The Morgan fingerprint density at radius 1 is 1.00 bits per heavy atom. The number of nitriles is 3. The van der Waals surface area contributed by atoms with E-state index in [1.54, 1.807) is 19.1 Å². The van der Waals surface area contributed by atoms with E-state index in [2.05, 4.69) is 22.7 Å². The van der Waals surface area contributed by atoms with Gasteiger partial charge in [-0.2, -0.15) is 20.9 Å². The first-order valence-electron chi connectivity index (χ1n) is 9.69. The van der Waals surface area contributed by atoms with E-state index in [1.807, 2.05) is 53.4 Å². The normalized spacial score (nSPS) is 11.0. The van der Waals surface area contributed by atoms with Crippen molar-refractivity contribution < 1.29 is 4.79 Å². The van der Waals surface area contributed by atoms with Crippen LogP contribution >= 0.6 is 0 Å². The molecule has 0 aromatic heterocycles. The minimum absolute atomic E-state index is 0.0665. The molecule has 7 nitrogen and oxygen atoms in total. The fourth-order valence-electron chi connectivity index (χ4n) is 2.78. The molecular weight excluding hydrogens is 388 g/mol. The first-order valence-corrected chi connectivity index (χ1v) is 9.69. The third-order valence-corrected chi connectivity index (χ3v) is 4.44. The van der Waals surface area contributed by atoms with Crippen LogP contribution in [-0.4, -0.2) is 24.7 Å². The van der Waals surface area contributed by atoms with Crippen molar-refractivity contribution in [1.29, 1.82) is 15.8 Å². The van der Waals surface area contributed by atoms with Gasteiger partial charge in [0.25, 0.3) is 5.91 Å². The van der Waals surface area contributed by atoms with E-state index in [4.69, 9.17) is 10.5 Å². The van der Waals surface area contributed by atoms with Gasteiger partial charge in [-0.15, -0.1) is 0 Å². The van der Waals surface area contributed by atoms with Gasteiger partial charge in [0, 0.05) is 18.8 Å². The number of benzene rings is 2. The van der Waals surface area contributed by atoms with E-state index >= 15 is 0 Å². The molecule has 0 radical (unpaired) electrons. The Kier molecular flexibility index (Phi) is 9.01. The fourth-order valence-corrected chi connectivity index (χ4v) is 2.78. The van der Waals surface area contributed by atoms with Gasteiger partial charge in [-0.05, 0) is 36.3 Å². The molecule has 0 aliphatic carbocycles. The van der Waals surface area contributed by atoms with Crippen LogP contribution in [-0.2, 0) is 4.79 Å². The van der Waals surface area contributed by atoms with Crippen LogP contribution in [0.15, 0.2) is 65.3 Å². The van der Waals surface area contributed by atoms with Gasteiger partial charge >= 0.3 is 0 Å². The molecule has 2 rings (SSSR count). The summed E-state index contributed by atoms with van der Waals surface area (Å²) in [7, 11) is 0. The lowest BCUT2D eigenvalue weighted by atomic mass is 10.1. The van der Waals surface area contributed by atoms with Gasteiger partial charge in [-0.25, -0.2) is 5.43 Å². The monoisotopic (exact) mass is 410 g/mol. The van der Waals surface area contributed by atoms with E-state index in [0.717, 1.165) is 11.3 Å². The smallest absolute Gasteiger partial charge is 0.282 e. The topological polar surface area (TPSA) is 116 Å². The summed E-state index contributed by atoms with van der Waals surface area (Å²) in [6.45, 7) is 2.82. The van der Waals surface area contributed by atoms with Crippen LogP contribution in [0.3, 0.4) is 0 Å². The second-order valence-electron chi connectivity index (χ2n) is 6.57. The highest BCUT2D eigenvalue weighted by Crippen LogP contribution is 2.18. The molecule has 1 N–H and O–H groups in total. The molecule has 2 aromatic carbocycles. The fraction of sp³-hybridized carbons (Fsp3) is 0.208. The Balaban J connectivity index is 2.11. The van der Waals surface area contributed by atoms with Crippen molar-refractivity contribution in [1.82, 2.24) is 5.43 Å². The Morgan fingerprint density at radius 2 is 1.61 bits per heavy atom. The molecule has 0 heterocycles. The van der Waals surface area contributed by atoms with E-state index in [1.165, 1.54) is 6.08 Å². The molecule has 0 saturated heterocycles. The molecule has 7 heteroatoms. The Hall–Kier alpha value is -4.41. The number of amides is 1. The minimum atomic E-state index is -0.591. The number of anilines is 1. The molecule has 0 unspecified atom stereocenters. The zero-order chi connectivity index (χ0) is 22.5. The highest BCUT2D eigenvalue weighted by atomic mass is 16.2. The Labute approximate surface area is 182 Å². The van der Waals surface area contributed by atoms with Crippen molar-refractivity contribution in [2.24, 2.45) is 5.10 Å². The zero-order valence-corrected chi connectivity index (χ0v) is 17.2. The van der Waals surface area contributed by atoms with Crippen molar-refractivity contribution in [2.75, 3.05) is 18.0 Å². The van der Waals surface area contributed by atoms with Crippen LogP contribution in [0.2, 0.25) is 0 Å². The molecule has 0 bridgehead atoms. The summed E-state index contributed by atoms with van der Waals surface area (Å²) >= 11 is 0. The van der Waals surface area contributed by atoms with Gasteiger partial charge in [0.1, 0.15) is 11.6 Å². The van der Waals surface area contributed by atoms with Gasteiger partial charge in [0.2, 0.25) is 0 Å². The van der Waals surface area contributed by atoms with Gasteiger partial charge in [-0.1, -0.05) is 42.5 Å². The van der Waals surface area contributed by atoms with Crippen molar-refractivity contribution in [3.05, 3.63) is 71.3 Å². The highest BCUT2D eigenvalue weighted by Gasteiger charge is 2.10. The van der Waals surface area contributed by atoms with Crippen LogP contribution in [0.25, 0.3) is 6.08 Å². The third-order valence-electron chi connectivity index (χ3n) is 4.44. The maximum atomic E-state index is 12.3. The predicted molar refractivity (Wildman–Crippen MR) is 120 cm³/mol. The second-order valence-corrected chi connectivity index (χ2v) is 6.57. The molecule has 0 saturated carbocycles. The summed E-state index contributed by atoms with van der Waals surface area (Å²) in [5.74, 6) is -0.591. The predicted octanol–water partition coefficient (Wildman–Crippen LogP) is 3.77. The summed E-state index contributed by atoms with van der Waals surface area (Å²) in [5, 5.41) is 31.1. The van der Waals surface area contributed by atoms with Crippen LogP contribution in [0, 0.1) is 34.0 Å². The number of nitrogens with one attached hydrogen (secondary N) is 1. The number of hydrogen-bond donors (Lipinski definition) is 1. The Morgan fingerprint density at radius 3 is 2.16 bits per heavy atom. The number of rotatable bonds is 9. The maximum Gasteiger partial charge on any atom is 0.282 e. The summed E-state index contributed by atoms with van der Waals surface area (Å²) < 4.78 is 0. The lowest BCUT2D eigenvalue weighted by Crippen LogP contribution is -2.25. The average Bonchev–Trinajstić information content (AvgIpc) is 2.82. The number of nitrogens with zero attached hydrogens (tertiary/aromatic N) is 5. The molecule has 154 valence electrons. The number of carbonyl (C=O) groups excluding carboxylic acids is 1. The number of carbonyl (C=O) groups is 1. The summed E-state index contributed by atoms with van der Waals surface area (Å²) in [6.07, 6.45) is 2.20. The standard InChI is InChI=1S/C24H22N6O/c1-19(21-7-3-2-4-8-21)28-29-24(31)22(18-27)17-20-9-11-23(12-10-20)30(15-5-13-25)16-6-14-26/h2-4,7-12,17H,5-6,15-16H2,1H3,(H,29,31)/b22-17?,28-19+. The van der Waals surface area contributed by atoms with Gasteiger partial charge in [0.05, 0.1) is 30.7 Å². The quantitative estimate of drug-likeness (QED) is 0.292. The first kappa shape index (κ1) is 22.9. The molecule has 1 amide bonds. The van der Waals surface area contributed by atoms with Crippen molar-refractivity contribution in [2.45, 2.75) is 19.8 Å². The summed E-state index contributed by atoms with van der Waals surface area (Å²) in [4.78, 5) is 14.3. The molecule has 2 aromatic rings. The molecule has 31 heavy (non-hydrogen) atoms. The lowest BCUT2D eigenvalue weighted by molar-refractivity contribution is -0.117. The SMILES string of the molecule is C/C(=N\NC(=O)C(C#N)=Cc1ccc(N(CCC#N)CCC#N)cc1)c1ccccc1. The van der Waals surface area contributed by atoms with Crippen LogP contribution in [0.1, 0.15) is 30.9 Å². The summed E-state index contributed by atoms with van der Waals surface area (Å²) in [5.41, 5.74) is 5.40. The molecule has 0 aliphatic heterocycles. The molecule has 0 atom stereocenters. The Bertz CT molecular complexity index is 1050. The van der Waals surface area contributed by atoms with Crippen LogP contribution < -0.4 is 10.3 Å². The third kappa shape index (κ3) is 7.16. The van der Waals surface area contributed by atoms with E-state index in [0.29, 0.717) is 37.2 Å². The number of hydrogen-bond acceptors (Lipinski definition) is 6. The van der Waals surface area contributed by atoms with E-state index < -0.39 is 5.91 Å². The minimum Gasteiger partial charge on any atom is -0.369 e. The molecular formula is C24H22N6O. The van der Waals surface area contributed by atoms with Crippen molar-refractivity contribution in [3.8, 4) is 18.2 Å². The zero-order valence-electron chi connectivity index (χ0n) is 17.2. The molecule has 0 aliphatic rings. The molecule has 0 spiro atoms. The lowest BCUT2D eigenvalue weighted by Gasteiger charge is -2.22. The van der Waals surface area contributed by atoms with E-state index in [9.17, 15) is 10.1 Å². The van der Waals surface area contributed by atoms with E-state index in [-0.39, 0.29) is 5.57 Å². The van der Waals surface area contributed by atoms with Crippen molar-refractivity contribution in [3.63, 3.8) is 0 Å². The first-order chi connectivity index (χ1) is 15.1. The summed E-state index contributed by atoms with van der Waals surface area (Å²) in [6, 6.07) is 22.8. The van der Waals surface area contributed by atoms with Crippen molar-refractivity contribution >= 4 is 23.4 Å². The second kappa shape index (κ2) is 12.2. The highest BCUT2D eigenvalue weighted by molar-refractivity contribution is 6.04. The van der Waals surface area contributed by atoms with Crippen LogP contribution in [0.5, 0.6) is 0 Å².